The van der Waals surface area contributed by atoms with Gasteiger partial charge in [0.25, 0.3) is 0 Å². The monoisotopic (exact) mass is 486 g/mol. The van der Waals surface area contributed by atoms with Crippen molar-refractivity contribution in [2.24, 2.45) is 5.92 Å². The largest absolute Gasteiger partial charge is 0.495 e. The van der Waals surface area contributed by atoms with E-state index in [1.165, 1.54) is 18.5 Å². The van der Waals surface area contributed by atoms with Gasteiger partial charge in [-0.2, -0.15) is 0 Å². The highest BCUT2D eigenvalue weighted by atomic mass is 35.5. The summed E-state index contributed by atoms with van der Waals surface area (Å²) in [6.07, 6.45) is 0.835. The van der Waals surface area contributed by atoms with Gasteiger partial charge in [0.1, 0.15) is 11.5 Å². The summed E-state index contributed by atoms with van der Waals surface area (Å²) >= 11 is 12.2. The molecule has 7 nitrogen and oxygen atoms in total. The molecule has 1 saturated heterocycles. The van der Waals surface area contributed by atoms with Gasteiger partial charge in [-0.3, -0.25) is 4.79 Å². The van der Waals surface area contributed by atoms with Crippen molar-refractivity contribution in [1.82, 2.24) is 4.31 Å². The van der Waals surface area contributed by atoms with Crippen LogP contribution in [0.3, 0.4) is 0 Å². The molecule has 0 saturated carbocycles. The van der Waals surface area contributed by atoms with E-state index in [4.69, 9.17) is 32.7 Å². The highest BCUT2D eigenvalue weighted by molar-refractivity contribution is 7.88. The average molecular weight is 487 g/mol. The summed E-state index contributed by atoms with van der Waals surface area (Å²) in [6, 6.07) is 10.1. The highest BCUT2D eigenvalue weighted by Gasteiger charge is 2.32. The Balaban J connectivity index is 1.63. The molecule has 2 aromatic rings. The van der Waals surface area contributed by atoms with Crippen LogP contribution in [0, 0.1) is 5.92 Å². The molecular weight excluding hydrogens is 463 g/mol. The Morgan fingerprint density at radius 1 is 1.06 bits per heavy atom. The summed E-state index contributed by atoms with van der Waals surface area (Å²) in [4.78, 5) is 12.8. The second-order valence-electron chi connectivity index (χ2n) is 7.20. The Bertz CT molecular complexity index is 1050. The van der Waals surface area contributed by atoms with Crippen molar-refractivity contribution >= 4 is 44.8 Å². The van der Waals surface area contributed by atoms with E-state index in [1.807, 2.05) is 0 Å². The molecule has 31 heavy (non-hydrogen) atoms. The lowest BCUT2D eigenvalue weighted by molar-refractivity contribution is -0.120. The molecule has 1 amide bonds. The number of anilines is 1. The number of benzene rings is 2. The van der Waals surface area contributed by atoms with Gasteiger partial charge in [0.15, 0.2) is 0 Å². The van der Waals surface area contributed by atoms with E-state index in [0.29, 0.717) is 45.6 Å². The Hall–Kier alpha value is -2.00. The number of nitrogens with zero attached hydrogens (tertiary/aromatic N) is 1. The Labute approximate surface area is 192 Å². The molecule has 1 N–H and O–H groups in total. The zero-order chi connectivity index (χ0) is 22.6. The first-order valence-corrected chi connectivity index (χ1v) is 12.0. The standard InChI is InChI=1S/C21H24Cl2N2O5S/c1-29-19-12-18(20(30-2)11-17(19)23)24-21(26)14-7-9-25(10-8-14)31(27,28)13-15-5-3-4-6-16(15)22/h3-6,11-12,14H,7-10,13H2,1-2H3,(H,24,26). The third-order valence-electron chi connectivity index (χ3n) is 5.25. The lowest BCUT2D eigenvalue weighted by atomic mass is 9.97. The van der Waals surface area contributed by atoms with Crippen LogP contribution < -0.4 is 14.8 Å². The third kappa shape index (κ3) is 5.63. The molecular formula is C21H24Cl2N2O5S. The van der Waals surface area contributed by atoms with Crippen molar-refractivity contribution in [1.29, 1.82) is 0 Å². The minimum absolute atomic E-state index is 0.161. The molecule has 1 aliphatic heterocycles. The Kier molecular flexibility index (Phi) is 7.69. The molecule has 0 bridgehead atoms. The molecule has 0 aromatic heterocycles. The number of hydrogen-bond acceptors (Lipinski definition) is 5. The first kappa shape index (κ1) is 23.7. The van der Waals surface area contributed by atoms with E-state index in [1.54, 1.807) is 36.4 Å². The van der Waals surface area contributed by atoms with Crippen LogP contribution in [0.15, 0.2) is 36.4 Å². The predicted octanol–water partition coefficient (Wildman–Crippen LogP) is 4.19. The minimum atomic E-state index is -3.53. The van der Waals surface area contributed by atoms with Gasteiger partial charge < -0.3 is 14.8 Å². The van der Waals surface area contributed by atoms with Crippen LogP contribution in [0.2, 0.25) is 10.0 Å². The van der Waals surface area contributed by atoms with Crippen LogP contribution in [-0.2, 0) is 20.6 Å². The highest BCUT2D eigenvalue weighted by Crippen LogP contribution is 2.36. The van der Waals surface area contributed by atoms with Gasteiger partial charge in [0, 0.05) is 36.2 Å². The number of sulfonamides is 1. The van der Waals surface area contributed by atoms with Crippen molar-refractivity contribution in [2.75, 3.05) is 32.6 Å². The van der Waals surface area contributed by atoms with Gasteiger partial charge in [0.2, 0.25) is 15.9 Å². The molecule has 3 rings (SSSR count). The number of rotatable bonds is 7. The van der Waals surface area contributed by atoms with Crippen molar-refractivity contribution in [3.05, 3.63) is 52.0 Å². The summed E-state index contributed by atoms with van der Waals surface area (Å²) in [5, 5.41) is 3.64. The van der Waals surface area contributed by atoms with Gasteiger partial charge in [0.05, 0.1) is 30.7 Å². The lowest BCUT2D eigenvalue weighted by Crippen LogP contribution is -2.41. The Morgan fingerprint density at radius 3 is 2.32 bits per heavy atom. The van der Waals surface area contributed by atoms with Gasteiger partial charge in [-0.1, -0.05) is 41.4 Å². The summed E-state index contributed by atoms with van der Waals surface area (Å²) < 4.78 is 37.5. The second-order valence-corrected chi connectivity index (χ2v) is 9.98. The maximum Gasteiger partial charge on any atom is 0.227 e. The topological polar surface area (TPSA) is 84.9 Å². The number of methoxy groups -OCH3 is 2. The average Bonchev–Trinajstić information content (AvgIpc) is 2.76. The Morgan fingerprint density at radius 2 is 1.71 bits per heavy atom. The van der Waals surface area contributed by atoms with Gasteiger partial charge in [-0.15, -0.1) is 0 Å². The van der Waals surface area contributed by atoms with Gasteiger partial charge in [-0.05, 0) is 24.5 Å². The fourth-order valence-electron chi connectivity index (χ4n) is 3.49. The molecule has 1 aliphatic rings. The van der Waals surface area contributed by atoms with Crippen LogP contribution in [0.4, 0.5) is 5.69 Å². The number of nitrogens with one attached hydrogen (secondary N) is 1. The smallest absolute Gasteiger partial charge is 0.227 e. The first-order valence-electron chi connectivity index (χ1n) is 9.68. The van der Waals surface area contributed by atoms with Crippen LogP contribution in [-0.4, -0.2) is 45.9 Å². The van der Waals surface area contributed by atoms with E-state index in [9.17, 15) is 13.2 Å². The normalized spacial score (nSPS) is 15.5. The maximum atomic E-state index is 12.8. The fraction of sp³-hybridized carbons (Fsp3) is 0.381. The predicted molar refractivity (Wildman–Crippen MR) is 122 cm³/mol. The quantitative estimate of drug-likeness (QED) is 0.633. The minimum Gasteiger partial charge on any atom is -0.495 e. The summed E-state index contributed by atoms with van der Waals surface area (Å²) in [6.45, 7) is 0.540. The number of amides is 1. The van der Waals surface area contributed by atoms with E-state index in [-0.39, 0.29) is 30.7 Å². The van der Waals surface area contributed by atoms with E-state index < -0.39 is 10.0 Å². The number of carbonyl (C=O) groups excluding carboxylic acids is 1. The van der Waals surface area contributed by atoms with Crippen molar-refractivity contribution < 1.29 is 22.7 Å². The van der Waals surface area contributed by atoms with E-state index >= 15 is 0 Å². The number of carbonyl (C=O) groups is 1. The molecule has 0 radical (unpaired) electrons. The van der Waals surface area contributed by atoms with Crippen LogP contribution in [0.25, 0.3) is 0 Å². The van der Waals surface area contributed by atoms with Crippen LogP contribution >= 0.6 is 23.2 Å². The molecule has 0 unspecified atom stereocenters. The van der Waals surface area contributed by atoms with Crippen LogP contribution in [0.5, 0.6) is 11.5 Å². The molecule has 0 atom stereocenters. The number of halogens is 2. The van der Waals surface area contributed by atoms with E-state index in [2.05, 4.69) is 5.32 Å². The van der Waals surface area contributed by atoms with Crippen molar-refractivity contribution in [3.63, 3.8) is 0 Å². The number of hydrogen-bond donors (Lipinski definition) is 1. The fourth-order valence-corrected chi connectivity index (χ4v) is 5.60. The zero-order valence-corrected chi connectivity index (χ0v) is 19.6. The maximum absolute atomic E-state index is 12.8. The van der Waals surface area contributed by atoms with Crippen molar-refractivity contribution in [2.45, 2.75) is 18.6 Å². The molecule has 0 aliphatic carbocycles. The second kappa shape index (κ2) is 10.1. The van der Waals surface area contributed by atoms with Gasteiger partial charge >= 0.3 is 0 Å². The summed E-state index contributed by atoms with van der Waals surface area (Å²) in [5.74, 6) is 0.145. The third-order valence-corrected chi connectivity index (χ3v) is 7.74. The van der Waals surface area contributed by atoms with Crippen molar-refractivity contribution in [3.8, 4) is 11.5 Å². The molecule has 168 valence electrons. The molecule has 1 heterocycles. The number of piperidine rings is 1. The molecule has 2 aromatic carbocycles. The van der Waals surface area contributed by atoms with Crippen LogP contribution in [0.1, 0.15) is 18.4 Å². The van der Waals surface area contributed by atoms with E-state index in [0.717, 1.165) is 0 Å². The molecule has 10 heteroatoms. The summed E-state index contributed by atoms with van der Waals surface area (Å²) in [7, 11) is -0.559. The molecule has 1 fully saturated rings. The summed E-state index contributed by atoms with van der Waals surface area (Å²) in [5.41, 5.74) is 1.01. The zero-order valence-electron chi connectivity index (χ0n) is 17.2. The molecule has 0 spiro atoms. The number of ether oxygens (including phenoxy) is 2. The van der Waals surface area contributed by atoms with Gasteiger partial charge in [-0.25, -0.2) is 12.7 Å². The lowest BCUT2D eigenvalue weighted by Gasteiger charge is -2.30. The first-order chi connectivity index (χ1) is 14.7. The SMILES string of the molecule is COc1cc(NC(=O)C2CCN(S(=O)(=O)Cc3ccccc3Cl)CC2)c(OC)cc1Cl.